The van der Waals surface area contributed by atoms with Crippen LogP contribution >= 0.6 is 0 Å². The maximum absolute atomic E-state index is 11.3. The van der Waals surface area contributed by atoms with E-state index in [9.17, 15) is 4.79 Å². The van der Waals surface area contributed by atoms with Crippen molar-refractivity contribution in [1.29, 1.82) is 0 Å². The van der Waals surface area contributed by atoms with Crippen molar-refractivity contribution in [2.45, 2.75) is 6.92 Å². The Balaban J connectivity index is 2.85. The van der Waals surface area contributed by atoms with Crippen molar-refractivity contribution < 1.29 is 4.79 Å². The normalized spacial score (nSPS) is 10.6. The fourth-order valence-electron chi connectivity index (χ4n) is 1.04. The van der Waals surface area contributed by atoms with Gasteiger partial charge in [-0.2, -0.15) is 0 Å². The Kier molecular flexibility index (Phi) is 3.44. The highest BCUT2D eigenvalue weighted by Crippen LogP contribution is 2.11. The number of carbonyl (C=O) groups excluding carboxylic acids is 1. The van der Waals surface area contributed by atoms with E-state index in [1.54, 1.807) is 26.4 Å². The molecule has 0 aliphatic heterocycles. The monoisotopic (exact) mass is 205 g/mol. The summed E-state index contributed by atoms with van der Waals surface area (Å²) in [7, 11) is 3.39. The minimum Gasteiger partial charge on any atom is -0.397 e. The van der Waals surface area contributed by atoms with Crippen LogP contribution in [-0.2, 0) is 4.79 Å². The quantitative estimate of drug-likeness (QED) is 0.735. The van der Waals surface area contributed by atoms with E-state index in [1.165, 1.54) is 11.0 Å². The highest BCUT2D eigenvalue weighted by molar-refractivity contribution is 5.91. The number of pyridine rings is 1. The maximum atomic E-state index is 11.3. The lowest BCUT2D eigenvalue weighted by atomic mass is 10.2. The number of anilines is 1. The van der Waals surface area contributed by atoms with Gasteiger partial charge < -0.3 is 10.6 Å². The molecule has 0 saturated carbocycles. The number of amides is 1. The van der Waals surface area contributed by atoms with Crippen LogP contribution in [0.25, 0.3) is 6.08 Å². The van der Waals surface area contributed by atoms with Crippen LogP contribution in [0, 0.1) is 6.92 Å². The Labute approximate surface area is 89.4 Å². The molecular weight excluding hydrogens is 190 g/mol. The van der Waals surface area contributed by atoms with Crippen molar-refractivity contribution >= 4 is 17.7 Å². The van der Waals surface area contributed by atoms with Gasteiger partial charge >= 0.3 is 0 Å². The van der Waals surface area contributed by atoms with E-state index in [1.807, 2.05) is 13.0 Å². The van der Waals surface area contributed by atoms with Gasteiger partial charge in [-0.1, -0.05) is 0 Å². The summed E-state index contributed by atoms with van der Waals surface area (Å²) in [5, 5.41) is 0. The lowest BCUT2D eigenvalue weighted by molar-refractivity contribution is -0.123. The van der Waals surface area contributed by atoms with Crippen molar-refractivity contribution in [3.8, 4) is 0 Å². The molecule has 0 bridgehead atoms. The molecule has 0 aliphatic carbocycles. The number of nitrogens with two attached hydrogens (primary N) is 1. The van der Waals surface area contributed by atoms with Gasteiger partial charge in [0.2, 0.25) is 5.91 Å². The molecule has 0 atom stereocenters. The fourth-order valence-corrected chi connectivity index (χ4v) is 1.04. The zero-order valence-corrected chi connectivity index (χ0v) is 9.19. The van der Waals surface area contributed by atoms with Crippen LogP contribution < -0.4 is 5.73 Å². The molecule has 0 saturated heterocycles. The summed E-state index contributed by atoms with van der Waals surface area (Å²) in [4.78, 5) is 16.9. The average Bonchev–Trinajstić information content (AvgIpc) is 2.15. The summed E-state index contributed by atoms with van der Waals surface area (Å²) >= 11 is 0. The third kappa shape index (κ3) is 3.09. The summed E-state index contributed by atoms with van der Waals surface area (Å²) in [6, 6.07) is 1.83. The van der Waals surface area contributed by atoms with Crippen LogP contribution in [0.5, 0.6) is 0 Å². The van der Waals surface area contributed by atoms with Gasteiger partial charge in [0.05, 0.1) is 11.4 Å². The summed E-state index contributed by atoms with van der Waals surface area (Å²) in [6.07, 6.45) is 4.79. The molecule has 0 unspecified atom stereocenters. The first-order valence-corrected chi connectivity index (χ1v) is 4.62. The molecule has 0 fully saturated rings. The van der Waals surface area contributed by atoms with E-state index in [2.05, 4.69) is 4.98 Å². The molecule has 1 aromatic heterocycles. The minimum absolute atomic E-state index is 0.0863. The van der Waals surface area contributed by atoms with E-state index in [0.29, 0.717) is 11.4 Å². The Morgan fingerprint density at radius 1 is 1.53 bits per heavy atom. The van der Waals surface area contributed by atoms with Gasteiger partial charge in [0.25, 0.3) is 0 Å². The van der Waals surface area contributed by atoms with E-state index >= 15 is 0 Å². The molecule has 2 N–H and O–H groups in total. The summed E-state index contributed by atoms with van der Waals surface area (Å²) < 4.78 is 0. The predicted octanol–water partition coefficient (Wildman–Crippen LogP) is 1.07. The van der Waals surface area contributed by atoms with E-state index < -0.39 is 0 Å². The second-order valence-corrected chi connectivity index (χ2v) is 3.55. The molecule has 0 aliphatic rings. The molecule has 1 amide bonds. The minimum atomic E-state index is -0.0863. The van der Waals surface area contributed by atoms with Crippen LogP contribution in [-0.4, -0.2) is 29.9 Å². The third-order valence-corrected chi connectivity index (χ3v) is 1.91. The molecule has 1 aromatic rings. The first-order valence-electron chi connectivity index (χ1n) is 4.62. The zero-order valence-electron chi connectivity index (χ0n) is 9.19. The van der Waals surface area contributed by atoms with Crippen molar-refractivity contribution in [2.75, 3.05) is 19.8 Å². The van der Waals surface area contributed by atoms with E-state index in [-0.39, 0.29) is 5.91 Å². The number of rotatable bonds is 2. The molecule has 0 aromatic carbocycles. The van der Waals surface area contributed by atoms with Gasteiger partial charge in [-0.3, -0.25) is 9.78 Å². The molecule has 0 spiro atoms. The van der Waals surface area contributed by atoms with Crippen LogP contribution in [0.3, 0.4) is 0 Å². The van der Waals surface area contributed by atoms with Gasteiger partial charge in [-0.05, 0) is 24.6 Å². The molecule has 15 heavy (non-hydrogen) atoms. The SMILES string of the molecule is Cc1cnc(/C=C/C(=O)N(C)C)c(N)c1. The van der Waals surface area contributed by atoms with Crippen LogP contribution in [0.2, 0.25) is 0 Å². The molecule has 4 nitrogen and oxygen atoms in total. The van der Waals surface area contributed by atoms with E-state index in [0.717, 1.165) is 5.56 Å². The lowest BCUT2D eigenvalue weighted by Crippen LogP contribution is -2.18. The summed E-state index contributed by atoms with van der Waals surface area (Å²) in [6.45, 7) is 1.92. The molecule has 1 rings (SSSR count). The molecular formula is C11H15N3O. The highest BCUT2D eigenvalue weighted by Gasteiger charge is 2.00. The second-order valence-electron chi connectivity index (χ2n) is 3.55. The standard InChI is InChI=1S/C11H15N3O/c1-8-6-9(12)10(13-7-8)4-5-11(15)14(2)3/h4-7H,12H2,1-3H3/b5-4+. The number of carbonyl (C=O) groups is 1. The fraction of sp³-hybridized carbons (Fsp3) is 0.273. The number of hydrogen-bond donors (Lipinski definition) is 1. The van der Waals surface area contributed by atoms with E-state index in [4.69, 9.17) is 5.73 Å². The number of nitrogen functional groups attached to an aromatic ring is 1. The first-order chi connectivity index (χ1) is 7.00. The van der Waals surface area contributed by atoms with Crippen molar-refractivity contribution in [3.63, 3.8) is 0 Å². The number of aryl methyl sites for hydroxylation is 1. The van der Waals surface area contributed by atoms with Gasteiger partial charge in [0.1, 0.15) is 0 Å². The maximum Gasteiger partial charge on any atom is 0.246 e. The first kappa shape index (κ1) is 11.2. The largest absolute Gasteiger partial charge is 0.397 e. The number of likely N-dealkylation sites (N-methyl/N-ethyl adjacent to an activating group) is 1. The van der Waals surface area contributed by atoms with Gasteiger partial charge in [0.15, 0.2) is 0 Å². The molecule has 4 heteroatoms. The second kappa shape index (κ2) is 4.59. The van der Waals surface area contributed by atoms with Gasteiger partial charge in [0, 0.05) is 26.4 Å². The highest BCUT2D eigenvalue weighted by atomic mass is 16.2. The number of aromatic nitrogens is 1. The van der Waals surface area contributed by atoms with Crippen molar-refractivity contribution in [1.82, 2.24) is 9.88 Å². The Morgan fingerprint density at radius 2 is 2.20 bits per heavy atom. The average molecular weight is 205 g/mol. The predicted molar refractivity (Wildman–Crippen MR) is 61.1 cm³/mol. The topological polar surface area (TPSA) is 59.2 Å². The number of hydrogen-bond acceptors (Lipinski definition) is 3. The van der Waals surface area contributed by atoms with Crippen LogP contribution in [0.15, 0.2) is 18.3 Å². The lowest BCUT2D eigenvalue weighted by Gasteiger charge is -2.05. The van der Waals surface area contributed by atoms with Crippen LogP contribution in [0.1, 0.15) is 11.3 Å². The number of nitrogens with zero attached hydrogens (tertiary/aromatic N) is 2. The smallest absolute Gasteiger partial charge is 0.246 e. The zero-order chi connectivity index (χ0) is 11.4. The molecule has 80 valence electrons. The van der Waals surface area contributed by atoms with Gasteiger partial charge in [-0.25, -0.2) is 0 Å². The third-order valence-electron chi connectivity index (χ3n) is 1.91. The van der Waals surface area contributed by atoms with Crippen molar-refractivity contribution in [3.05, 3.63) is 29.6 Å². The van der Waals surface area contributed by atoms with Crippen molar-refractivity contribution in [2.24, 2.45) is 0 Å². The Bertz CT molecular complexity index is 397. The summed E-state index contributed by atoms with van der Waals surface area (Å²) in [5.74, 6) is -0.0863. The Hall–Kier alpha value is -1.84. The van der Waals surface area contributed by atoms with Gasteiger partial charge in [-0.15, -0.1) is 0 Å². The van der Waals surface area contributed by atoms with Crippen LogP contribution in [0.4, 0.5) is 5.69 Å². The molecule has 0 radical (unpaired) electrons. The Morgan fingerprint density at radius 3 is 2.73 bits per heavy atom. The molecule has 1 heterocycles. The summed E-state index contributed by atoms with van der Waals surface area (Å²) in [5.41, 5.74) is 7.95.